The molecule has 1 heterocycles. The SMILES string of the molecule is COc1cc(NC(=O)c2ccc(-n3cnc4ccccc4c3=O)cc2)cc(OC)c1OC. The van der Waals surface area contributed by atoms with Gasteiger partial charge in [-0.05, 0) is 36.4 Å². The van der Waals surface area contributed by atoms with Gasteiger partial charge in [0, 0.05) is 23.4 Å². The topological polar surface area (TPSA) is 91.7 Å². The average Bonchev–Trinajstić information content (AvgIpc) is 2.84. The number of benzene rings is 3. The summed E-state index contributed by atoms with van der Waals surface area (Å²) >= 11 is 0. The van der Waals surface area contributed by atoms with Crippen molar-refractivity contribution < 1.29 is 19.0 Å². The maximum Gasteiger partial charge on any atom is 0.265 e. The van der Waals surface area contributed by atoms with Crippen molar-refractivity contribution in [3.63, 3.8) is 0 Å². The van der Waals surface area contributed by atoms with Crippen molar-refractivity contribution in [2.75, 3.05) is 26.6 Å². The summed E-state index contributed by atoms with van der Waals surface area (Å²) < 4.78 is 17.4. The number of anilines is 1. The number of carbonyl (C=O) groups excluding carboxylic acids is 1. The Hall–Kier alpha value is -4.33. The molecule has 1 N–H and O–H groups in total. The molecular formula is C24H21N3O5. The van der Waals surface area contributed by atoms with E-state index in [1.807, 2.05) is 6.07 Å². The third kappa shape index (κ3) is 3.85. The summed E-state index contributed by atoms with van der Waals surface area (Å²) in [4.78, 5) is 29.9. The molecule has 1 amide bonds. The Morgan fingerprint density at radius 3 is 2.19 bits per heavy atom. The fourth-order valence-electron chi connectivity index (χ4n) is 3.38. The molecule has 0 fully saturated rings. The number of rotatable bonds is 6. The molecule has 8 heteroatoms. The van der Waals surface area contributed by atoms with Gasteiger partial charge in [-0.2, -0.15) is 0 Å². The van der Waals surface area contributed by atoms with E-state index in [9.17, 15) is 9.59 Å². The van der Waals surface area contributed by atoms with Crippen LogP contribution in [0.25, 0.3) is 16.6 Å². The fourth-order valence-corrected chi connectivity index (χ4v) is 3.38. The molecule has 0 saturated carbocycles. The van der Waals surface area contributed by atoms with E-state index < -0.39 is 0 Å². The monoisotopic (exact) mass is 431 g/mol. The van der Waals surface area contributed by atoms with E-state index in [0.29, 0.717) is 45.1 Å². The standard InChI is InChI=1S/C24H21N3O5/c1-30-20-12-16(13-21(31-2)22(20)32-3)26-23(28)15-8-10-17(11-9-15)27-14-25-19-7-5-4-6-18(19)24(27)29/h4-14H,1-3H3,(H,26,28). The molecule has 0 aliphatic carbocycles. The number of fused-ring (bicyclic) bond motifs is 1. The molecule has 0 spiro atoms. The Morgan fingerprint density at radius 1 is 0.906 bits per heavy atom. The van der Waals surface area contributed by atoms with Crippen molar-refractivity contribution in [2.45, 2.75) is 0 Å². The predicted octanol–water partition coefficient (Wildman–Crippen LogP) is 3.66. The summed E-state index contributed by atoms with van der Waals surface area (Å²) in [5.74, 6) is 0.975. The van der Waals surface area contributed by atoms with Gasteiger partial charge < -0.3 is 19.5 Å². The fraction of sp³-hybridized carbons (Fsp3) is 0.125. The van der Waals surface area contributed by atoms with E-state index in [0.717, 1.165) is 0 Å². The number of hydrogen-bond donors (Lipinski definition) is 1. The van der Waals surface area contributed by atoms with Crippen LogP contribution in [0, 0.1) is 0 Å². The molecule has 162 valence electrons. The maximum atomic E-state index is 12.8. The van der Waals surface area contributed by atoms with Crippen molar-refractivity contribution in [1.29, 1.82) is 0 Å². The molecular weight excluding hydrogens is 410 g/mol. The average molecular weight is 431 g/mol. The van der Waals surface area contributed by atoms with Crippen LogP contribution in [0.15, 0.2) is 71.8 Å². The lowest BCUT2D eigenvalue weighted by atomic mass is 10.1. The minimum absolute atomic E-state index is 0.176. The van der Waals surface area contributed by atoms with Crippen LogP contribution < -0.4 is 25.1 Å². The molecule has 0 unspecified atom stereocenters. The highest BCUT2D eigenvalue weighted by atomic mass is 16.5. The largest absolute Gasteiger partial charge is 0.493 e. The summed E-state index contributed by atoms with van der Waals surface area (Å²) in [5, 5.41) is 3.35. The molecule has 0 aliphatic rings. The molecule has 8 nitrogen and oxygen atoms in total. The molecule has 4 rings (SSSR count). The van der Waals surface area contributed by atoms with Crippen LogP contribution in [0.1, 0.15) is 10.4 Å². The molecule has 0 bridgehead atoms. The Balaban J connectivity index is 1.59. The normalized spacial score (nSPS) is 10.6. The van der Waals surface area contributed by atoms with Gasteiger partial charge in [-0.25, -0.2) is 4.98 Å². The zero-order valence-electron chi connectivity index (χ0n) is 17.8. The van der Waals surface area contributed by atoms with Gasteiger partial charge in [-0.3, -0.25) is 14.2 Å². The van der Waals surface area contributed by atoms with Crippen LogP contribution in [-0.2, 0) is 0 Å². The van der Waals surface area contributed by atoms with Gasteiger partial charge in [0.25, 0.3) is 11.5 Å². The van der Waals surface area contributed by atoms with Crippen molar-refractivity contribution in [3.05, 3.63) is 82.9 Å². The van der Waals surface area contributed by atoms with Crippen LogP contribution in [0.3, 0.4) is 0 Å². The lowest BCUT2D eigenvalue weighted by Crippen LogP contribution is -2.19. The highest BCUT2D eigenvalue weighted by molar-refractivity contribution is 6.04. The molecule has 0 aliphatic heterocycles. The lowest BCUT2D eigenvalue weighted by molar-refractivity contribution is 0.102. The van der Waals surface area contributed by atoms with Crippen LogP contribution in [0.4, 0.5) is 5.69 Å². The van der Waals surface area contributed by atoms with Gasteiger partial charge in [0.05, 0.1) is 37.9 Å². The molecule has 32 heavy (non-hydrogen) atoms. The maximum absolute atomic E-state index is 12.8. The van der Waals surface area contributed by atoms with Gasteiger partial charge in [0.2, 0.25) is 5.75 Å². The first-order valence-electron chi connectivity index (χ1n) is 9.74. The van der Waals surface area contributed by atoms with E-state index in [2.05, 4.69) is 10.3 Å². The third-order valence-corrected chi connectivity index (χ3v) is 5.00. The number of para-hydroxylation sites is 1. The summed E-state index contributed by atoms with van der Waals surface area (Å²) in [6.07, 6.45) is 1.48. The highest BCUT2D eigenvalue weighted by Crippen LogP contribution is 2.40. The van der Waals surface area contributed by atoms with Gasteiger partial charge in [-0.15, -0.1) is 0 Å². The molecule has 0 radical (unpaired) electrons. The summed E-state index contributed by atoms with van der Waals surface area (Å²) in [5.41, 5.74) is 1.98. The minimum Gasteiger partial charge on any atom is -0.493 e. The van der Waals surface area contributed by atoms with Gasteiger partial charge in [0.1, 0.15) is 6.33 Å². The number of nitrogens with zero attached hydrogens (tertiary/aromatic N) is 2. The van der Waals surface area contributed by atoms with Crippen molar-refractivity contribution in [1.82, 2.24) is 9.55 Å². The number of nitrogens with one attached hydrogen (secondary N) is 1. The number of amides is 1. The van der Waals surface area contributed by atoms with E-state index in [4.69, 9.17) is 14.2 Å². The minimum atomic E-state index is -0.324. The van der Waals surface area contributed by atoms with Gasteiger partial charge in [0.15, 0.2) is 11.5 Å². The molecule has 0 saturated heterocycles. The van der Waals surface area contributed by atoms with E-state index in [1.165, 1.54) is 32.2 Å². The number of hydrogen-bond acceptors (Lipinski definition) is 6. The number of carbonyl (C=O) groups is 1. The first kappa shape index (κ1) is 20.9. The second kappa shape index (κ2) is 8.81. The Labute approximate surface area is 184 Å². The third-order valence-electron chi connectivity index (χ3n) is 5.00. The summed E-state index contributed by atoms with van der Waals surface area (Å²) in [6.45, 7) is 0. The van der Waals surface area contributed by atoms with Crippen molar-refractivity contribution >= 4 is 22.5 Å². The first-order valence-corrected chi connectivity index (χ1v) is 9.74. The quantitative estimate of drug-likeness (QED) is 0.501. The zero-order valence-corrected chi connectivity index (χ0v) is 17.8. The predicted molar refractivity (Wildman–Crippen MR) is 121 cm³/mol. The van der Waals surface area contributed by atoms with Crippen LogP contribution in [0.5, 0.6) is 17.2 Å². The second-order valence-corrected chi connectivity index (χ2v) is 6.85. The zero-order chi connectivity index (χ0) is 22.7. The number of aromatic nitrogens is 2. The van der Waals surface area contributed by atoms with Crippen LogP contribution in [-0.4, -0.2) is 36.8 Å². The van der Waals surface area contributed by atoms with Crippen molar-refractivity contribution in [3.8, 4) is 22.9 Å². The second-order valence-electron chi connectivity index (χ2n) is 6.85. The number of ether oxygens (including phenoxy) is 3. The van der Waals surface area contributed by atoms with E-state index in [1.54, 1.807) is 54.6 Å². The first-order chi connectivity index (χ1) is 15.5. The van der Waals surface area contributed by atoms with E-state index >= 15 is 0 Å². The van der Waals surface area contributed by atoms with Crippen molar-refractivity contribution in [2.24, 2.45) is 0 Å². The van der Waals surface area contributed by atoms with Gasteiger partial charge >= 0.3 is 0 Å². The summed E-state index contributed by atoms with van der Waals surface area (Å²) in [6, 6.07) is 17.1. The molecule has 1 aromatic heterocycles. The van der Waals surface area contributed by atoms with Gasteiger partial charge in [-0.1, -0.05) is 12.1 Å². The lowest BCUT2D eigenvalue weighted by Gasteiger charge is -2.14. The Bertz CT molecular complexity index is 1320. The Kier molecular flexibility index (Phi) is 5.76. The smallest absolute Gasteiger partial charge is 0.265 e. The molecule has 0 atom stereocenters. The van der Waals surface area contributed by atoms with Crippen LogP contribution >= 0.6 is 0 Å². The van der Waals surface area contributed by atoms with E-state index in [-0.39, 0.29) is 11.5 Å². The van der Waals surface area contributed by atoms with Crippen LogP contribution in [0.2, 0.25) is 0 Å². The summed E-state index contributed by atoms with van der Waals surface area (Å²) in [7, 11) is 4.52. The Morgan fingerprint density at radius 2 is 1.56 bits per heavy atom. The number of methoxy groups -OCH3 is 3. The highest BCUT2D eigenvalue weighted by Gasteiger charge is 2.15. The molecule has 4 aromatic rings. The molecule has 3 aromatic carbocycles.